The molecule has 2 aliphatic rings. The van der Waals surface area contributed by atoms with E-state index in [0.717, 1.165) is 50.6 Å². The minimum atomic E-state index is -0.895. The summed E-state index contributed by atoms with van der Waals surface area (Å²) in [4.78, 5) is 15.7. The fourth-order valence-corrected chi connectivity index (χ4v) is 4.58. The lowest BCUT2D eigenvalue weighted by Crippen LogP contribution is -2.36. The molecule has 0 amide bonds. The number of hydroxylamine groups is 1. The van der Waals surface area contributed by atoms with Crippen LogP contribution in [-0.4, -0.2) is 39.6 Å². The van der Waals surface area contributed by atoms with Gasteiger partial charge in [-0.2, -0.15) is 0 Å². The lowest BCUT2D eigenvalue weighted by atomic mass is 9.77. The van der Waals surface area contributed by atoms with Crippen molar-refractivity contribution in [1.82, 2.24) is 5.48 Å². The van der Waals surface area contributed by atoms with Crippen LogP contribution in [0.3, 0.4) is 0 Å². The summed E-state index contributed by atoms with van der Waals surface area (Å²) < 4.78 is 0. The Morgan fingerprint density at radius 1 is 1.44 bits per heavy atom. The molecule has 27 heavy (non-hydrogen) atoms. The lowest BCUT2D eigenvalue weighted by molar-refractivity contribution is -0.138. The number of carboxylic acid groups (broad SMARTS) is 1. The highest BCUT2D eigenvalue weighted by Crippen LogP contribution is 2.51. The average molecular weight is 384 g/mol. The highest BCUT2D eigenvalue weighted by atomic mass is 16.6. The van der Waals surface area contributed by atoms with Gasteiger partial charge < -0.3 is 15.3 Å². The number of aliphatic hydroxyl groups excluding tert-OH is 1. The van der Waals surface area contributed by atoms with E-state index in [2.05, 4.69) is 26.3 Å². The Hall–Kier alpha value is -1.11. The van der Waals surface area contributed by atoms with Crippen molar-refractivity contribution in [1.29, 1.82) is 0 Å². The highest BCUT2D eigenvalue weighted by Gasteiger charge is 2.51. The van der Waals surface area contributed by atoms with Crippen molar-refractivity contribution in [3.63, 3.8) is 0 Å². The van der Waals surface area contributed by atoms with Crippen LogP contribution in [0.25, 0.3) is 0 Å². The molecule has 1 saturated carbocycles. The first-order chi connectivity index (χ1) is 12.7. The van der Waals surface area contributed by atoms with Crippen LogP contribution in [0.4, 0.5) is 0 Å². The Morgan fingerprint density at radius 2 is 2.19 bits per heavy atom. The SMILES string of the molecule is CCCCC(C)(C)C(O)CC[C@@H]1CC[C@H]2CC(NOCCC(=O)O)=C[C@@]12O. The quantitative estimate of drug-likeness (QED) is 0.305. The number of aliphatic carboxylic acids is 1. The summed E-state index contributed by atoms with van der Waals surface area (Å²) in [5.74, 6) is -0.566. The molecular formula is C21H37NO5. The molecule has 0 saturated heterocycles. The van der Waals surface area contributed by atoms with Crippen molar-refractivity contribution < 1.29 is 25.0 Å². The maximum atomic E-state index is 11.2. The minimum Gasteiger partial charge on any atom is -0.481 e. The third-order valence-electron chi connectivity index (χ3n) is 6.53. The molecule has 1 unspecified atom stereocenters. The molecule has 1 fully saturated rings. The van der Waals surface area contributed by atoms with E-state index in [0.29, 0.717) is 6.42 Å². The fourth-order valence-electron chi connectivity index (χ4n) is 4.58. The van der Waals surface area contributed by atoms with E-state index in [1.165, 1.54) is 0 Å². The zero-order valence-electron chi connectivity index (χ0n) is 17.0. The van der Waals surface area contributed by atoms with Gasteiger partial charge in [0.15, 0.2) is 0 Å². The number of unbranched alkanes of at least 4 members (excludes halogenated alkanes) is 1. The van der Waals surface area contributed by atoms with Gasteiger partial charge in [0, 0.05) is 5.70 Å². The second-order valence-corrected chi connectivity index (χ2v) is 9.01. The number of fused-ring (bicyclic) bond motifs is 1. The molecule has 0 aromatic heterocycles. The van der Waals surface area contributed by atoms with Gasteiger partial charge in [0.25, 0.3) is 0 Å². The number of carboxylic acids is 1. The van der Waals surface area contributed by atoms with Crippen molar-refractivity contribution in [3.8, 4) is 0 Å². The predicted octanol–water partition coefficient (Wildman–Crippen LogP) is 3.38. The van der Waals surface area contributed by atoms with Crippen molar-refractivity contribution in [2.75, 3.05) is 6.61 Å². The van der Waals surface area contributed by atoms with Gasteiger partial charge in [0.1, 0.15) is 0 Å². The number of allylic oxidation sites excluding steroid dienone is 1. The van der Waals surface area contributed by atoms with E-state index in [4.69, 9.17) is 9.94 Å². The summed E-state index contributed by atoms with van der Waals surface area (Å²) in [5, 5.41) is 30.5. The second-order valence-electron chi connectivity index (χ2n) is 9.01. The first-order valence-electron chi connectivity index (χ1n) is 10.4. The zero-order valence-corrected chi connectivity index (χ0v) is 17.0. The van der Waals surface area contributed by atoms with Gasteiger partial charge in [-0.25, -0.2) is 0 Å². The van der Waals surface area contributed by atoms with Gasteiger partial charge in [-0.1, -0.05) is 33.6 Å². The van der Waals surface area contributed by atoms with Crippen molar-refractivity contribution in [2.24, 2.45) is 17.3 Å². The zero-order chi connectivity index (χ0) is 20.1. The van der Waals surface area contributed by atoms with Crippen LogP contribution in [-0.2, 0) is 9.63 Å². The molecule has 0 bridgehead atoms. The van der Waals surface area contributed by atoms with E-state index < -0.39 is 11.6 Å². The van der Waals surface area contributed by atoms with E-state index in [1.807, 2.05) is 6.08 Å². The smallest absolute Gasteiger partial charge is 0.305 e. The summed E-state index contributed by atoms with van der Waals surface area (Å²) in [6, 6.07) is 0. The van der Waals surface area contributed by atoms with Crippen LogP contribution in [0.1, 0.15) is 78.6 Å². The molecule has 156 valence electrons. The third kappa shape index (κ3) is 5.69. The molecule has 0 heterocycles. The van der Waals surface area contributed by atoms with Crippen LogP contribution >= 0.6 is 0 Å². The van der Waals surface area contributed by atoms with Crippen molar-refractivity contribution >= 4 is 5.97 Å². The van der Waals surface area contributed by atoms with E-state index in [-0.39, 0.29) is 36.4 Å². The fraction of sp³-hybridized carbons (Fsp3) is 0.857. The van der Waals surface area contributed by atoms with E-state index in [9.17, 15) is 15.0 Å². The average Bonchev–Trinajstić information content (AvgIpc) is 3.07. The Kier molecular flexibility index (Phi) is 7.72. The Bertz CT molecular complexity index is 533. The van der Waals surface area contributed by atoms with E-state index in [1.54, 1.807) is 0 Å². The highest BCUT2D eigenvalue weighted by molar-refractivity contribution is 5.66. The number of carbonyl (C=O) groups is 1. The normalized spacial score (nSPS) is 28.7. The molecule has 6 heteroatoms. The Labute approximate surface area is 162 Å². The van der Waals surface area contributed by atoms with Gasteiger partial charge >= 0.3 is 5.97 Å². The second kappa shape index (κ2) is 9.39. The maximum Gasteiger partial charge on any atom is 0.305 e. The molecule has 4 N–H and O–H groups in total. The minimum absolute atomic E-state index is 0.0533. The van der Waals surface area contributed by atoms with Crippen molar-refractivity contribution in [2.45, 2.75) is 90.3 Å². The van der Waals surface area contributed by atoms with Crippen LogP contribution in [0.15, 0.2) is 11.8 Å². The predicted molar refractivity (Wildman–Crippen MR) is 104 cm³/mol. The topological polar surface area (TPSA) is 99.0 Å². The molecule has 4 atom stereocenters. The molecule has 2 aliphatic carbocycles. The summed E-state index contributed by atoms with van der Waals surface area (Å²) in [6.07, 6.45) is 8.93. The summed E-state index contributed by atoms with van der Waals surface area (Å²) in [5.41, 5.74) is 2.71. The number of hydrogen-bond donors (Lipinski definition) is 4. The molecule has 2 rings (SSSR count). The largest absolute Gasteiger partial charge is 0.481 e. The molecule has 0 radical (unpaired) electrons. The van der Waals surface area contributed by atoms with Gasteiger partial charge in [-0.3, -0.25) is 15.1 Å². The lowest BCUT2D eigenvalue weighted by Gasteiger charge is -2.33. The first kappa shape index (κ1) is 22.2. The van der Waals surface area contributed by atoms with Crippen LogP contribution in [0.2, 0.25) is 0 Å². The number of aliphatic hydroxyl groups is 2. The first-order valence-corrected chi connectivity index (χ1v) is 10.4. The monoisotopic (exact) mass is 383 g/mol. The molecule has 0 aromatic rings. The molecule has 0 aromatic carbocycles. The maximum absolute atomic E-state index is 11.2. The van der Waals surface area contributed by atoms with Crippen molar-refractivity contribution in [3.05, 3.63) is 11.8 Å². The van der Waals surface area contributed by atoms with Crippen LogP contribution in [0.5, 0.6) is 0 Å². The standard InChI is InChI=1S/C21H37NO5/c1-4-5-11-20(2,3)18(23)9-8-15-6-7-16-13-17(14-21(15,16)26)22-27-12-10-19(24)25/h14-16,18,22-23,26H,4-13H2,1-3H3,(H,24,25)/t15-,16-,18?,21+/m0/s1. The summed E-state index contributed by atoms with van der Waals surface area (Å²) >= 11 is 0. The van der Waals surface area contributed by atoms with Gasteiger partial charge in [0.05, 0.1) is 24.7 Å². The summed E-state index contributed by atoms with van der Waals surface area (Å²) in [6.45, 7) is 6.52. The van der Waals surface area contributed by atoms with Crippen LogP contribution in [0, 0.1) is 17.3 Å². The molecule has 0 aliphatic heterocycles. The van der Waals surface area contributed by atoms with Crippen LogP contribution < -0.4 is 5.48 Å². The Balaban J connectivity index is 1.85. The Morgan fingerprint density at radius 3 is 2.85 bits per heavy atom. The van der Waals surface area contributed by atoms with Gasteiger partial charge in [0.2, 0.25) is 0 Å². The molecule has 6 nitrogen and oxygen atoms in total. The molecule has 0 spiro atoms. The number of nitrogens with one attached hydrogen (secondary N) is 1. The molecular weight excluding hydrogens is 346 g/mol. The third-order valence-corrected chi connectivity index (χ3v) is 6.53. The summed E-state index contributed by atoms with van der Waals surface area (Å²) in [7, 11) is 0. The van der Waals surface area contributed by atoms with E-state index >= 15 is 0 Å². The van der Waals surface area contributed by atoms with Gasteiger partial charge in [-0.05, 0) is 61.9 Å². The van der Waals surface area contributed by atoms with Gasteiger partial charge in [-0.15, -0.1) is 0 Å². The number of hydrogen-bond acceptors (Lipinski definition) is 5. The number of rotatable bonds is 12.